The number of carbonyl (C=O) groups is 4. The SMILES string of the molecule is O=C(O)c1cc(F)c(CCNC(=O)[C@H](CC(F)F)NC(=O)[C@@H]2C[C@@H](c3ccccc3)CN2C(=O)[C@H](O)C2CCCC2)c(F)c1. The topological polar surface area (TPSA) is 136 Å². The first-order chi connectivity index (χ1) is 21.0. The number of aliphatic hydroxyl groups excluding tert-OH is 1. The smallest absolute Gasteiger partial charge is 0.335 e. The normalized spacial score (nSPS) is 20.0. The first-order valence-corrected chi connectivity index (χ1v) is 14.6. The number of rotatable bonds is 12. The Bertz CT molecular complexity index is 1330. The molecule has 0 spiro atoms. The molecule has 0 aromatic heterocycles. The van der Waals surface area contributed by atoms with Gasteiger partial charge in [-0.15, -0.1) is 0 Å². The lowest BCUT2D eigenvalue weighted by atomic mass is 9.96. The molecule has 0 unspecified atom stereocenters. The van der Waals surface area contributed by atoms with E-state index in [1.165, 1.54) is 4.90 Å². The molecule has 4 rings (SSSR count). The number of aliphatic hydroxyl groups is 1. The molecular formula is C31H35F4N3O6. The van der Waals surface area contributed by atoms with Crippen LogP contribution in [0, 0.1) is 17.6 Å². The summed E-state index contributed by atoms with van der Waals surface area (Å²) in [5, 5.41) is 24.4. The summed E-state index contributed by atoms with van der Waals surface area (Å²) in [6.07, 6.45) is -2.53. The predicted molar refractivity (Wildman–Crippen MR) is 150 cm³/mol. The van der Waals surface area contributed by atoms with Gasteiger partial charge in [0.25, 0.3) is 5.91 Å². The minimum Gasteiger partial charge on any atom is -0.478 e. The summed E-state index contributed by atoms with van der Waals surface area (Å²) in [7, 11) is 0. The Morgan fingerprint density at radius 2 is 1.64 bits per heavy atom. The van der Waals surface area contributed by atoms with Crippen molar-refractivity contribution < 1.29 is 47.0 Å². The maximum absolute atomic E-state index is 14.3. The molecule has 44 heavy (non-hydrogen) atoms. The van der Waals surface area contributed by atoms with Gasteiger partial charge in [-0.1, -0.05) is 43.2 Å². The van der Waals surface area contributed by atoms with Gasteiger partial charge in [0.15, 0.2) is 0 Å². The molecule has 0 bridgehead atoms. The van der Waals surface area contributed by atoms with Gasteiger partial charge in [-0.05, 0) is 49.3 Å². The summed E-state index contributed by atoms with van der Waals surface area (Å²) in [4.78, 5) is 52.0. The second kappa shape index (κ2) is 14.7. The second-order valence-corrected chi connectivity index (χ2v) is 11.3. The highest BCUT2D eigenvalue weighted by Crippen LogP contribution is 2.35. The van der Waals surface area contributed by atoms with Crippen molar-refractivity contribution in [1.29, 1.82) is 0 Å². The Morgan fingerprint density at radius 1 is 1.00 bits per heavy atom. The zero-order valence-electron chi connectivity index (χ0n) is 23.9. The summed E-state index contributed by atoms with van der Waals surface area (Å²) < 4.78 is 55.4. The van der Waals surface area contributed by atoms with Crippen LogP contribution in [0.25, 0.3) is 0 Å². The van der Waals surface area contributed by atoms with Gasteiger partial charge in [-0.25, -0.2) is 22.4 Å². The van der Waals surface area contributed by atoms with Crippen LogP contribution in [0.3, 0.4) is 0 Å². The summed E-state index contributed by atoms with van der Waals surface area (Å²) in [5.41, 5.74) is -0.247. The van der Waals surface area contributed by atoms with E-state index in [0.717, 1.165) is 18.4 Å². The number of hydrogen-bond acceptors (Lipinski definition) is 5. The van der Waals surface area contributed by atoms with E-state index in [1.807, 2.05) is 30.3 Å². The van der Waals surface area contributed by atoms with Crippen LogP contribution < -0.4 is 10.6 Å². The third kappa shape index (κ3) is 7.93. The lowest BCUT2D eigenvalue weighted by molar-refractivity contribution is -0.148. The lowest BCUT2D eigenvalue weighted by Gasteiger charge is -2.29. The highest BCUT2D eigenvalue weighted by molar-refractivity contribution is 5.93. The van der Waals surface area contributed by atoms with Crippen molar-refractivity contribution >= 4 is 23.7 Å². The number of aromatic carboxylic acids is 1. The van der Waals surface area contributed by atoms with Crippen LogP contribution in [0.15, 0.2) is 42.5 Å². The molecule has 238 valence electrons. The fourth-order valence-corrected chi connectivity index (χ4v) is 6.02. The van der Waals surface area contributed by atoms with Crippen LogP contribution in [0.4, 0.5) is 17.6 Å². The Labute approximate surface area is 251 Å². The van der Waals surface area contributed by atoms with E-state index in [1.54, 1.807) is 0 Å². The molecule has 13 heteroatoms. The highest BCUT2D eigenvalue weighted by atomic mass is 19.3. The second-order valence-electron chi connectivity index (χ2n) is 11.3. The molecule has 2 aliphatic rings. The quantitative estimate of drug-likeness (QED) is 0.269. The predicted octanol–water partition coefficient (Wildman–Crippen LogP) is 3.40. The Kier molecular flexibility index (Phi) is 11.0. The fourth-order valence-electron chi connectivity index (χ4n) is 6.02. The molecule has 4 atom stereocenters. The Balaban J connectivity index is 1.46. The maximum atomic E-state index is 14.3. The van der Waals surface area contributed by atoms with Gasteiger partial charge in [-0.3, -0.25) is 14.4 Å². The zero-order chi connectivity index (χ0) is 32.0. The third-order valence-electron chi connectivity index (χ3n) is 8.37. The van der Waals surface area contributed by atoms with Crippen LogP contribution in [-0.4, -0.2) is 76.5 Å². The van der Waals surface area contributed by atoms with E-state index in [2.05, 4.69) is 10.6 Å². The minimum absolute atomic E-state index is 0.119. The summed E-state index contributed by atoms with van der Waals surface area (Å²) in [6, 6.07) is 7.52. The molecule has 2 fully saturated rings. The number of carboxylic acids is 1. The van der Waals surface area contributed by atoms with Crippen molar-refractivity contribution in [2.75, 3.05) is 13.1 Å². The van der Waals surface area contributed by atoms with Crippen LogP contribution in [0.5, 0.6) is 0 Å². The molecule has 1 saturated heterocycles. The number of likely N-dealkylation sites (tertiary alicyclic amines) is 1. The van der Waals surface area contributed by atoms with E-state index < -0.39 is 90.5 Å². The van der Waals surface area contributed by atoms with Gasteiger partial charge < -0.3 is 25.7 Å². The minimum atomic E-state index is -2.99. The summed E-state index contributed by atoms with van der Waals surface area (Å²) >= 11 is 0. The van der Waals surface area contributed by atoms with Crippen molar-refractivity contribution in [3.63, 3.8) is 0 Å². The Hall–Kier alpha value is -4.00. The first-order valence-electron chi connectivity index (χ1n) is 14.6. The fraction of sp³-hybridized carbons (Fsp3) is 0.484. The van der Waals surface area contributed by atoms with Crippen molar-refractivity contribution in [2.45, 2.75) is 75.5 Å². The zero-order valence-corrected chi connectivity index (χ0v) is 23.9. The molecule has 4 N–H and O–H groups in total. The molecular weight excluding hydrogens is 586 g/mol. The van der Waals surface area contributed by atoms with Gasteiger partial charge in [0.1, 0.15) is 29.8 Å². The van der Waals surface area contributed by atoms with Gasteiger partial charge in [0.2, 0.25) is 18.2 Å². The number of halogens is 4. The first kappa shape index (κ1) is 32.9. The van der Waals surface area contributed by atoms with Crippen LogP contribution in [0.2, 0.25) is 0 Å². The number of hydrogen-bond donors (Lipinski definition) is 4. The number of carbonyl (C=O) groups excluding carboxylic acids is 3. The number of nitrogens with zero attached hydrogens (tertiary/aromatic N) is 1. The van der Waals surface area contributed by atoms with Gasteiger partial charge in [0, 0.05) is 31.0 Å². The molecule has 3 amide bonds. The molecule has 9 nitrogen and oxygen atoms in total. The number of benzene rings is 2. The van der Waals surface area contributed by atoms with Crippen molar-refractivity contribution in [2.24, 2.45) is 5.92 Å². The summed E-state index contributed by atoms with van der Waals surface area (Å²) in [5.74, 6) is -6.82. The highest BCUT2D eigenvalue weighted by Gasteiger charge is 2.44. The molecule has 1 aliphatic heterocycles. The molecule has 1 heterocycles. The van der Waals surface area contributed by atoms with Crippen LogP contribution >= 0.6 is 0 Å². The van der Waals surface area contributed by atoms with E-state index in [0.29, 0.717) is 25.0 Å². The summed E-state index contributed by atoms with van der Waals surface area (Å²) in [6.45, 7) is -0.277. The molecule has 2 aromatic carbocycles. The van der Waals surface area contributed by atoms with Crippen LogP contribution in [0.1, 0.15) is 65.9 Å². The largest absolute Gasteiger partial charge is 0.478 e. The molecule has 1 aliphatic carbocycles. The standard InChI is InChI=1S/C31H35F4N3O6/c32-22-12-19(31(43)44)13-23(33)21(22)10-11-36-28(40)24(15-26(34)35)37-29(41)25-14-20(17-6-2-1-3-7-17)16-38(25)30(42)27(39)18-8-4-5-9-18/h1-3,6-7,12-13,18,20,24-27,39H,4-5,8-11,14-16H2,(H,36,40)(H,37,41)(H,43,44)/t20-,24+,25+,27-/m1/s1. The van der Waals surface area contributed by atoms with Gasteiger partial charge >= 0.3 is 5.97 Å². The number of nitrogens with one attached hydrogen (secondary N) is 2. The van der Waals surface area contributed by atoms with E-state index in [4.69, 9.17) is 5.11 Å². The molecule has 0 radical (unpaired) electrons. The Morgan fingerprint density at radius 3 is 2.23 bits per heavy atom. The monoisotopic (exact) mass is 621 g/mol. The van der Waals surface area contributed by atoms with Gasteiger partial charge in [-0.2, -0.15) is 0 Å². The lowest BCUT2D eigenvalue weighted by Crippen LogP contribution is -2.55. The number of carboxylic acid groups (broad SMARTS) is 1. The van der Waals surface area contributed by atoms with E-state index in [-0.39, 0.29) is 24.8 Å². The third-order valence-corrected chi connectivity index (χ3v) is 8.37. The van der Waals surface area contributed by atoms with E-state index in [9.17, 15) is 41.8 Å². The average molecular weight is 622 g/mol. The van der Waals surface area contributed by atoms with Crippen molar-refractivity contribution in [3.8, 4) is 0 Å². The molecule has 1 saturated carbocycles. The van der Waals surface area contributed by atoms with Crippen molar-refractivity contribution in [1.82, 2.24) is 15.5 Å². The molecule has 2 aromatic rings. The number of alkyl halides is 2. The average Bonchev–Trinajstić information content (AvgIpc) is 3.68. The number of amides is 3. The van der Waals surface area contributed by atoms with Crippen molar-refractivity contribution in [3.05, 3.63) is 70.8 Å². The van der Waals surface area contributed by atoms with Gasteiger partial charge in [0.05, 0.1) is 5.56 Å². The van der Waals surface area contributed by atoms with Crippen LogP contribution in [-0.2, 0) is 20.8 Å². The maximum Gasteiger partial charge on any atom is 0.335 e. The van der Waals surface area contributed by atoms with E-state index >= 15 is 0 Å².